The van der Waals surface area contributed by atoms with Gasteiger partial charge in [-0.25, -0.2) is 0 Å². The van der Waals surface area contributed by atoms with Crippen molar-refractivity contribution >= 4 is 5.78 Å². The number of carbonyl (C=O) groups excluding carboxylic acids is 1. The van der Waals surface area contributed by atoms with Crippen molar-refractivity contribution in [1.29, 1.82) is 0 Å². The minimum absolute atomic E-state index is 0.0570. The van der Waals surface area contributed by atoms with E-state index >= 15 is 0 Å². The van der Waals surface area contributed by atoms with Gasteiger partial charge in [0.25, 0.3) is 0 Å². The molecule has 5 saturated carbocycles. The number of Topliss-reactive ketones (excluding diaryl/α,β-unsaturated/α-hetero) is 1. The van der Waals surface area contributed by atoms with Crippen LogP contribution in [0.3, 0.4) is 0 Å². The SMILES string of the molecule is C[C@@]1(O)CC[C@H]2[C@H](CC[C@@H]3[C@@H]2CC[C@]2(C)[C@@H](C(=O)Cn4ccc(C(F)(F)F)n4)CC(C4CC4)[C@@H]32)C1. The van der Waals surface area contributed by atoms with Gasteiger partial charge < -0.3 is 5.11 Å². The van der Waals surface area contributed by atoms with Gasteiger partial charge in [-0.05, 0) is 124 Å². The number of carbonyl (C=O) groups is 1. The van der Waals surface area contributed by atoms with Crippen molar-refractivity contribution in [3.8, 4) is 0 Å². The van der Waals surface area contributed by atoms with E-state index < -0.39 is 17.5 Å². The molecular formula is C28H39F3N2O2. The maximum absolute atomic E-state index is 13.6. The molecule has 0 bridgehead atoms. The minimum atomic E-state index is -4.49. The van der Waals surface area contributed by atoms with Gasteiger partial charge in [-0.15, -0.1) is 0 Å². The molecule has 0 aromatic carbocycles. The lowest BCUT2D eigenvalue weighted by Crippen LogP contribution is -2.52. The van der Waals surface area contributed by atoms with Gasteiger partial charge in [-0.2, -0.15) is 18.3 Å². The van der Waals surface area contributed by atoms with E-state index in [1.54, 1.807) is 0 Å². The van der Waals surface area contributed by atoms with Crippen molar-refractivity contribution in [2.24, 2.45) is 52.8 Å². The van der Waals surface area contributed by atoms with E-state index in [4.69, 9.17) is 0 Å². The molecule has 35 heavy (non-hydrogen) atoms. The molecule has 9 atom stereocenters. The van der Waals surface area contributed by atoms with Crippen molar-refractivity contribution in [1.82, 2.24) is 9.78 Å². The van der Waals surface area contributed by atoms with Crippen LogP contribution in [0, 0.1) is 52.8 Å². The summed E-state index contributed by atoms with van der Waals surface area (Å²) in [5.74, 6) is 4.54. The Morgan fingerprint density at radius 2 is 1.74 bits per heavy atom. The second kappa shape index (κ2) is 8.06. The second-order valence-corrected chi connectivity index (χ2v) is 13.3. The lowest BCUT2D eigenvalue weighted by Gasteiger charge is -2.57. The Morgan fingerprint density at radius 1 is 1.03 bits per heavy atom. The Kier molecular flexibility index (Phi) is 5.53. The second-order valence-electron chi connectivity index (χ2n) is 13.3. The number of alkyl halides is 3. The Bertz CT molecular complexity index is 983. The summed E-state index contributed by atoms with van der Waals surface area (Å²) in [6.45, 7) is 4.27. The third kappa shape index (κ3) is 4.08. The molecule has 0 amide bonds. The molecule has 0 saturated heterocycles. The van der Waals surface area contributed by atoms with Crippen LogP contribution >= 0.6 is 0 Å². The topological polar surface area (TPSA) is 55.1 Å². The lowest BCUT2D eigenvalue weighted by atomic mass is 9.48. The van der Waals surface area contributed by atoms with Gasteiger partial charge in [-0.3, -0.25) is 9.48 Å². The van der Waals surface area contributed by atoms with Crippen LogP contribution in [0.2, 0.25) is 0 Å². The van der Waals surface area contributed by atoms with E-state index in [1.807, 2.05) is 6.92 Å². The zero-order valence-corrected chi connectivity index (χ0v) is 20.9. The van der Waals surface area contributed by atoms with Crippen molar-refractivity contribution in [2.45, 2.75) is 96.4 Å². The van der Waals surface area contributed by atoms with Crippen LogP contribution in [-0.4, -0.2) is 26.3 Å². The number of nitrogens with zero attached hydrogens (tertiary/aromatic N) is 2. The van der Waals surface area contributed by atoms with Crippen LogP contribution < -0.4 is 0 Å². The summed E-state index contributed by atoms with van der Waals surface area (Å²) < 4.78 is 40.2. The maximum atomic E-state index is 13.6. The standard InChI is InChI=1S/C28H39F3N2O2/c1-26(35)10-7-18-17(14-26)5-6-20-19(18)8-11-27(2)22(13-21(25(20)27)16-3-4-16)23(34)15-33-12-9-24(32-33)28(29,30)31/h9,12,16-22,25,35H,3-8,10-11,13-15H2,1-2H3/t17-,18+,19-,20-,21?,22-,25-,26-,27-/m1/s1. The fraction of sp³-hybridized carbons (Fsp3) is 0.857. The first-order valence-electron chi connectivity index (χ1n) is 13.8. The Morgan fingerprint density at radius 3 is 2.43 bits per heavy atom. The lowest BCUT2D eigenvalue weighted by molar-refractivity contribution is -0.142. The van der Waals surface area contributed by atoms with E-state index in [2.05, 4.69) is 12.0 Å². The summed E-state index contributed by atoms with van der Waals surface area (Å²) in [6, 6.07) is 0.963. The van der Waals surface area contributed by atoms with Gasteiger partial charge in [0.15, 0.2) is 11.5 Å². The molecule has 6 rings (SSSR count). The minimum Gasteiger partial charge on any atom is -0.390 e. The highest BCUT2D eigenvalue weighted by Gasteiger charge is 2.63. The van der Waals surface area contributed by atoms with Crippen molar-refractivity contribution in [3.63, 3.8) is 0 Å². The molecule has 0 aliphatic heterocycles. The van der Waals surface area contributed by atoms with Gasteiger partial charge in [0.1, 0.15) is 0 Å². The molecule has 4 nitrogen and oxygen atoms in total. The third-order valence-corrected chi connectivity index (χ3v) is 11.2. The molecule has 5 aliphatic rings. The first-order chi connectivity index (χ1) is 16.5. The molecule has 194 valence electrons. The number of hydrogen-bond donors (Lipinski definition) is 1. The summed E-state index contributed by atoms with van der Waals surface area (Å²) in [7, 11) is 0. The summed E-state index contributed by atoms with van der Waals surface area (Å²) in [4.78, 5) is 13.6. The summed E-state index contributed by atoms with van der Waals surface area (Å²) >= 11 is 0. The molecule has 1 aromatic heterocycles. The molecule has 1 unspecified atom stereocenters. The monoisotopic (exact) mass is 492 g/mol. The van der Waals surface area contributed by atoms with Gasteiger partial charge in [0, 0.05) is 12.1 Å². The molecule has 1 heterocycles. The number of ketones is 1. The number of aliphatic hydroxyl groups is 1. The van der Waals surface area contributed by atoms with Crippen LogP contribution in [-0.2, 0) is 17.5 Å². The van der Waals surface area contributed by atoms with E-state index in [9.17, 15) is 23.1 Å². The number of halogens is 3. The molecule has 1 N–H and O–H groups in total. The van der Waals surface area contributed by atoms with Gasteiger partial charge in [0.2, 0.25) is 0 Å². The normalized spacial score (nSPS) is 45.5. The zero-order valence-electron chi connectivity index (χ0n) is 20.9. The maximum Gasteiger partial charge on any atom is 0.435 e. The highest BCUT2D eigenvalue weighted by Crippen LogP contribution is 2.69. The molecule has 0 radical (unpaired) electrons. The highest BCUT2D eigenvalue weighted by molar-refractivity contribution is 5.82. The Balaban J connectivity index is 1.23. The van der Waals surface area contributed by atoms with Crippen LogP contribution in [0.15, 0.2) is 12.3 Å². The average Bonchev–Trinajstić information content (AvgIpc) is 3.41. The van der Waals surface area contributed by atoms with Gasteiger partial charge >= 0.3 is 6.18 Å². The van der Waals surface area contributed by atoms with Crippen molar-refractivity contribution in [3.05, 3.63) is 18.0 Å². The number of hydrogen-bond acceptors (Lipinski definition) is 3. The van der Waals surface area contributed by atoms with Crippen LogP contribution in [0.25, 0.3) is 0 Å². The van der Waals surface area contributed by atoms with Gasteiger partial charge in [0.05, 0.1) is 12.1 Å². The van der Waals surface area contributed by atoms with Gasteiger partial charge in [-0.1, -0.05) is 6.92 Å². The van der Waals surface area contributed by atoms with E-state index in [0.29, 0.717) is 35.5 Å². The number of fused-ring (bicyclic) bond motifs is 5. The third-order valence-electron chi connectivity index (χ3n) is 11.2. The molecule has 7 heteroatoms. The fourth-order valence-electron chi connectivity index (χ4n) is 9.64. The summed E-state index contributed by atoms with van der Waals surface area (Å²) in [6.07, 6.45) is 7.80. The predicted molar refractivity (Wildman–Crippen MR) is 125 cm³/mol. The highest BCUT2D eigenvalue weighted by atomic mass is 19.4. The molecule has 5 aliphatic carbocycles. The van der Waals surface area contributed by atoms with Crippen molar-refractivity contribution in [2.75, 3.05) is 0 Å². The largest absolute Gasteiger partial charge is 0.435 e. The summed E-state index contributed by atoms with van der Waals surface area (Å²) in [5, 5.41) is 14.3. The Labute approximate surface area is 206 Å². The van der Waals surface area contributed by atoms with Crippen LogP contribution in [0.4, 0.5) is 13.2 Å². The first kappa shape index (κ1) is 24.0. The Hall–Kier alpha value is -1.37. The van der Waals surface area contributed by atoms with E-state index in [-0.39, 0.29) is 23.7 Å². The number of aromatic nitrogens is 2. The quantitative estimate of drug-likeness (QED) is 0.550. The molecule has 0 spiro atoms. The van der Waals surface area contributed by atoms with Crippen molar-refractivity contribution < 1.29 is 23.1 Å². The number of rotatable bonds is 4. The van der Waals surface area contributed by atoms with E-state index in [0.717, 1.165) is 50.5 Å². The smallest absolute Gasteiger partial charge is 0.390 e. The predicted octanol–water partition coefficient (Wildman–Crippen LogP) is 6.13. The fourth-order valence-corrected chi connectivity index (χ4v) is 9.64. The van der Waals surface area contributed by atoms with Crippen LogP contribution in [0.1, 0.15) is 83.7 Å². The molecular weight excluding hydrogens is 453 g/mol. The average molecular weight is 493 g/mol. The summed E-state index contributed by atoms with van der Waals surface area (Å²) in [5.41, 5.74) is -1.50. The molecule has 1 aromatic rings. The van der Waals surface area contributed by atoms with E-state index in [1.165, 1.54) is 36.6 Å². The zero-order chi connectivity index (χ0) is 24.8. The van der Waals surface area contributed by atoms with Crippen LogP contribution in [0.5, 0.6) is 0 Å². The molecule has 5 fully saturated rings. The first-order valence-corrected chi connectivity index (χ1v) is 13.8.